The van der Waals surface area contributed by atoms with E-state index in [9.17, 15) is 13.6 Å². The van der Waals surface area contributed by atoms with Crippen molar-refractivity contribution in [2.45, 2.75) is 24.8 Å². The lowest BCUT2D eigenvalue weighted by molar-refractivity contribution is -0.122. The second-order valence-electron chi connectivity index (χ2n) is 6.53. The van der Waals surface area contributed by atoms with E-state index in [1.165, 1.54) is 30.7 Å². The first kappa shape index (κ1) is 17.3. The maximum absolute atomic E-state index is 13.7. The van der Waals surface area contributed by atoms with E-state index in [-0.39, 0.29) is 17.8 Å². The highest BCUT2D eigenvalue weighted by Crippen LogP contribution is 2.42. The van der Waals surface area contributed by atoms with Crippen LogP contribution in [-0.2, 0) is 4.79 Å². The molecule has 1 aromatic carbocycles. The number of hydrogen-bond acceptors (Lipinski definition) is 4. The Kier molecular flexibility index (Phi) is 4.66. The van der Waals surface area contributed by atoms with Crippen LogP contribution in [0.1, 0.15) is 36.3 Å². The minimum atomic E-state index is -0.595. The summed E-state index contributed by atoms with van der Waals surface area (Å²) in [4.78, 5) is 21.4. The Morgan fingerprint density at radius 1 is 1.19 bits per heavy atom. The monoisotopic (exact) mass is 369 g/mol. The molecule has 0 aliphatic carbocycles. The third-order valence-electron chi connectivity index (χ3n) is 4.88. The Morgan fingerprint density at radius 3 is 2.74 bits per heavy atom. The molecule has 3 aromatic rings. The van der Waals surface area contributed by atoms with Gasteiger partial charge in [-0.1, -0.05) is 0 Å². The van der Waals surface area contributed by atoms with E-state index >= 15 is 0 Å². The maximum atomic E-state index is 13.7. The lowest BCUT2D eigenvalue weighted by Gasteiger charge is -2.38. The Labute approximate surface area is 154 Å². The van der Waals surface area contributed by atoms with E-state index in [4.69, 9.17) is 4.42 Å². The van der Waals surface area contributed by atoms with Gasteiger partial charge >= 0.3 is 0 Å². The molecule has 7 heteroatoms. The molecule has 1 aliphatic heterocycles. The summed E-state index contributed by atoms with van der Waals surface area (Å²) < 4.78 is 32.5. The van der Waals surface area contributed by atoms with Crippen LogP contribution in [0, 0.1) is 11.8 Å². The van der Waals surface area contributed by atoms with Crippen molar-refractivity contribution in [2.75, 3.05) is 6.54 Å². The van der Waals surface area contributed by atoms with Crippen molar-refractivity contribution in [1.29, 1.82) is 0 Å². The van der Waals surface area contributed by atoms with Gasteiger partial charge in [-0.05, 0) is 54.8 Å². The van der Waals surface area contributed by atoms with E-state index in [1.807, 2.05) is 0 Å². The number of pyridine rings is 1. The van der Waals surface area contributed by atoms with Gasteiger partial charge in [0, 0.05) is 18.3 Å². The van der Waals surface area contributed by atoms with Gasteiger partial charge in [0.25, 0.3) is 0 Å². The molecule has 1 aliphatic rings. The van der Waals surface area contributed by atoms with Gasteiger partial charge in [0.05, 0.1) is 12.0 Å². The zero-order chi connectivity index (χ0) is 18.8. The zero-order valence-electron chi connectivity index (χ0n) is 14.4. The summed E-state index contributed by atoms with van der Waals surface area (Å²) >= 11 is 0. The molecule has 2 atom stereocenters. The molecule has 1 saturated heterocycles. The second kappa shape index (κ2) is 7.26. The van der Waals surface area contributed by atoms with Gasteiger partial charge in [0.15, 0.2) is 5.89 Å². The number of carbonyl (C=O) groups excluding carboxylic acids is 1. The van der Waals surface area contributed by atoms with Gasteiger partial charge in [0.2, 0.25) is 12.4 Å². The molecular formula is C20H17F2N3O2. The van der Waals surface area contributed by atoms with Crippen LogP contribution in [0.15, 0.2) is 53.3 Å². The minimum Gasteiger partial charge on any atom is -0.448 e. The Balaban J connectivity index is 1.70. The number of carbonyl (C=O) groups is 1. The molecule has 138 valence electrons. The zero-order valence-corrected chi connectivity index (χ0v) is 14.4. The highest BCUT2D eigenvalue weighted by molar-refractivity contribution is 5.57. The third kappa shape index (κ3) is 3.45. The molecule has 1 unspecified atom stereocenters. The van der Waals surface area contributed by atoms with Crippen LogP contribution in [0.3, 0.4) is 0 Å². The number of nitrogens with zero attached hydrogens (tertiary/aromatic N) is 3. The molecule has 0 bridgehead atoms. The van der Waals surface area contributed by atoms with Crippen molar-refractivity contribution in [2.24, 2.45) is 0 Å². The fourth-order valence-electron chi connectivity index (χ4n) is 3.64. The smallest absolute Gasteiger partial charge is 0.213 e. The van der Waals surface area contributed by atoms with E-state index in [1.54, 1.807) is 23.1 Å². The number of benzene rings is 1. The number of piperidine rings is 1. The molecule has 0 N–H and O–H groups in total. The van der Waals surface area contributed by atoms with Crippen molar-refractivity contribution in [1.82, 2.24) is 14.9 Å². The molecule has 3 heterocycles. The van der Waals surface area contributed by atoms with Gasteiger partial charge in [-0.15, -0.1) is 0 Å². The summed E-state index contributed by atoms with van der Waals surface area (Å²) in [5.74, 6) is -0.652. The van der Waals surface area contributed by atoms with Crippen molar-refractivity contribution >= 4 is 6.41 Å². The van der Waals surface area contributed by atoms with Crippen LogP contribution in [0.4, 0.5) is 8.78 Å². The number of rotatable bonds is 4. The Hall–Kier alpha value is -3.09. The van der Waals surface area contributed by atoms with Gasteiger partial charge in [-0.25, -0.2) is 14.4 Å². The highest BCUT2D eigenvalue weighted by Gasteiger charge is 2.36. The molecule has 1 fully saturated rings. The average Bonchev–Trinajstić information content (AvgIpc) is 3.18. The Morgan fingerprint density at radius 2 is 2.00 bits per heavy atom. The number of amides is 1. The fraction of sp³-hybridized carbons (Fsp3) is 0.250. The predicted molar refractivity (Wildman–Crippen MR) is 93.6 cm³/mol. The maximum Gasteiger partial charge on any atom is 0.213 e. The second-order valence-corrected chi connectivity index (χ2v) is 6.53. The van der Waals surface area contributed by atoms with Gasteiger partial charge < -0.3 is 9.32 Å². The molecule has 0 saturated carbocycles. The fourth-order valence-corrected chi connectivity index (χ4v) is 3.64. The predicted octanol–water partition coefficient (Wildman–Crippen LogP) is 4.09. The lowest BCUT2D eigenvalue weighted by Crippen LogP contribution is -2.37. The standard InChI is InChI=1S/C20H17F2N3O2/c21-15-5-3-13(4-6-15)17-11-27-20(24-17)16-2-1-9-25(12-26)19(16)14-7-8-23-18(22)10-14/h3-8,10-12,16,19H,1-2,9H2/t16-,19?/m0/s1. The summed E-state index contributed by atoms with van der Waals surface area (Å²) in [6, 6.07) is 8.64. The van der Waals surface area contributed by atoms with Crippen LogP contribution in [0.2, 0.25) is 0 Å². The SMILES string of the molecule is O=CN1CCC[C@H](c2nc(-c3ccc(F)cc3)co2)C1c1ccnc(F)c1. The summed E-state index contributed by atoms with van der Waals surface area (Å²) in [7, 11) is 0. The van der Waals surface area contributed by atoms with Crippen LogP contribution in [0.25, 0.3) is 11.3 Å². The number of aromatic nitrogens is 2. The lowest BCUT2D eigenvalue weighted by atomic mass is 9.85. The van der Waals surface area contributed by atoms with E-state index in [0.29, 0.717) is 23.7 Å². The largest absolute Gasteiger partial charge is 0.448 e. The van der Waals surface area contributed by atoms with Crippen molar-refractivity contribution in [3.05, 3.63) is 72.1 Å². The third-order valence-corrected chi connectivity index (χ3v) is 4.88. The molecule has 2 aromatic heterocycles. The minimum absolute atomic E-state index is 0.208. The van der Waals surface area contributed by atoms with Gasteiger partial charge in [-0.2, -0.15) is 4.39 Å². The van der Waals surface area contributed by atoms with Gasteiger partial charge in [-0.3, -0.25) is 4.79 Å². The highest BCUT2D eigenvalue weighted by atomic mass is 19.1. The molecule has 4 rings (SSSR count). The van der Waals surface area contributed by atoms with Crippen LogP contribution >= 0.6 is 0 Å². The van der Waals surface area contributed by atoms with E-state index in [0.717, 1.165) is 24.8 Å². The summed E-state index contributed by atoms with van der Waals surface area (Å²) in [5, 5.41) is 0. The van der Waals surface area contributed by atoms with Crippen molar-refractivity contribution in [3.8, 4) is 11.3 Å². The summed E-state index contributed by atoms with van der Waals surface area (Å²) in [6.07, 6.45) is 5.23. The van der Waals surface area contributed by atoms with Gasteiger partial charge in [0.1, 0.15) is 17.8 Å². The number of halogens is 2. The van der Waals surface area contributed by atoms with Crippen LogP contribution in [-0.4, -0.2) is 27.8 Å². The summed E-state index contributed by atoms with van der Waals surface area (Å²) in [6.45, 7) is 0.583. The number of hydrogen-bond donors (Lipinski definition) is 0. The Bertz CT molecular complexity index is 942. The average molecular weight is 369 g/mol. The van der Waals surface area contributed by atoms with Crippen molar-refractivity contribution in [3.63, 3.8) is 0 Å². The van der Waals surface area contributed by atoms with E-state index < -0.39 is 5.95 Å². The number of oxazole rings is 1. The van der Waals surface area contributed by atoms with E-state index in [2.05, 4.69) is 9.97 Å². The first-order valence-corrected chi connectivity index (χ1v) is 8.69. The first-order chi connectivity index (χ1) is 13.2. The molecule has 0 radical (unpaired) electrons. The topological polar surface area (TPSA) is 59.2 Å². The first-order valence-electron chi connectivity index (χ1n) is 8.69. The van der Waals surface area contributed by atoms with Crippen LogP contribution < -0.4 is 0 Å². The quantitative estimate of drug-likeness (QED) is 0.513. The molecule has 27 heavy (non-hydrogen) atoms. The summed E-state index contributed by atoms with van der Waals surface area (Å²) in [5.41, 5.74) is 1.98. The normalized spacial score (nSPS) is 19.9. The van der Waals surface area contributed by atoms with Crippen LogP contribution in [0.5, 0.6) is 0 Å². The molecule has 1 amide bonds. The number of likely N-dealkylation sites (tertiary alicyclic amines) is 1. The molecule has 5 nitrogen and oxygen atoms in total. The molecular weight excluding hydrogens is 352 g/mol. The molecule has 0 spiro atoms. The van der Waals surface area contributed by atoms with Crippen molar-refractivity contribution < 1.29 is 18.0 Å².